The van der Waals surface area contributed by atoms with Gasteiger partial charge in [-0.2, -0.15) is 0 Å². The van der Waals surface area contributed by atoms with E-state index in [4.69, 9.17) is 22.1 Å². The number of halogens is 1. The fourth-order valence-electron chi connectivity index (χ4n) is 4.24. The molecule has 1 aliphatic heterocycles. The molecule has 0 saturated carbocycles. The minimum Gasteiger partial charge on any atom is -0.456 e. The Labute approximate surface area is 217 Å². The van der Waals surface area contributed by atoms with Gasteiger partial charge in [-0.3, -0.25) is 9.59 Å². The third-order valence-corrected chi connectivity index (χ3v) is 8.10. The monoisotopic (exact) mass is 526 g/mol. The molecule has 0 amide bonds. The maximum absolute atomic E-state index is 13.2. The number of esters is 1. The summed E-state index contributed by atoms with van der Waals surface area (Å²) >= 11 is 8.00. The number of allylic oxidation sites excluding steroid dienone is 1. The number of hydrogen-bond acceptors (Lipinski definition) is 8. The summed E-state index contributed by atoms with van der Waals surface area (Å²) in [6, 6.07) is 0. The van der Waals surface area contributed by atoms with E-state index >= 15 is 0 Å². The first-order valence-corrected chi connectivity index (χ1v) is 13.4. The van der Waals surface area contributed by atoms with Crippen LogP contribution in [0, 0.1) is 17.3 Å². The topological polar surface area (TPSA) is 123 Å². The Morgan fingerprint density at radius 2 is 2.03 bits per heavy atom. The van der Waals surface area contributed by atoms with Gasteiger partial charge in [-0.25, -0.2) is 4.98 Å². The Morgan fingerprint density at radius 3 is 2.66 bits per heavy atom. The molecule has 0 fully saturated rings. The molecule has 35 heavy (non-hydrogen) atoms. The van der Waals surface area contributed by atoms with Crippen LogP contribution in [0.15, 0.2) is 22.1 Å². The molecular weight excluding hydrogens is 488 g/mol. The van der Waals surface area contributed by atoms with Crippen LogP contribution in [0.3, 0.4) is 0 Å². The van der Waals surface area contributed by atoms with Crippen LogP contribution in [0.1, 0.15) is 77.4 Å². The molecule has 0 radical (unpaired) electrons. The SMILES string of the molecule is CC1=CCC(C(Cl)=Cc2csc(CN)n2)OC(=O)CC(O)C(C)(C)C(=O)C(C)C(O)C(C)CCC1. The third kappa shape index (κ3) is 8.22. The molecule has 2 rings (SSSR count). The first-order chi connectivity index (χ1) is 16.4. The van der Waals surface area contributed by atoms with Gasteiger partial charge in [0.05, 0.1) is 34.8 Å². The molecule has 0 bridgehead atoms. The quantitative estimate of drug-likeness (QED) is 0.388. The molecule has 0 saturated heterocycles. The molecule has 1 aromatic heterocycles. The highest BCUT2D eigenvalue weighted by atomic mass is 35.5. The van der Waals surface area contributed by atoms with Gasteiger partial charge < -0.3 is 20.7 Å². The van der Waals surface area contributed by atoms with Gasteiger partial charge in [0, 0.05) is 24.3 Å². The average Bonchev–Trinajstić information content (AvgIpc) is 3.26. The summed E-state index contributed by atoms with van der Waals surface area (Å²) in [7, 11) is 0. The minimum atomic E-state index is -1.27. The van der Waals surface area contributed by atoms with Crippen LogP contribution in [-0.2, 0) is 20.9 Å². The van der Waals surface area contributed by atoms with E-state index in [1.54, 1.807) is 26.8 Å². The second-order valence-electron chi connectivity index (χ2n) is 10.1. The molecular formula is C26H39ClN2O5S. The van der Waals surface area contributed by atoms with Gasteiger partial charge in [-0.15, -0.1) is 11.3 Å². The van der Waals surface area contributed by atoms with E-state index in [1.165, 1.54) is 11.3 Å². The molecule has 4 N–H and O–H groups in total. The van der Waals surface area contributed by atoms with E-state index in [-0.39, 0.29) is 18.1 Å². The number of carbonyl (C=O) groups excluding carboxylic acids is 2. The first kappa shape index (κ1) is 29.6. The fraction of sp³-hybridized carbons (Fsp3) is 0.654. The van der Waals surface area contributed by atoms with Crippen LogP contribution in [-0.4, -0.2) is 45.3 Å². The van der Waals surface area contributed by atoms with E-state index in [2.05, 4.69) is 4.98 Å². The number of ketones is 1. The predicted molar refractivity (Wildman–Crippen MR) is 140 cm³/mol. The van der Waals surface area contributed by atoms with Crippen molar-refractivity contribution in [1.82, 2.24) is 4.98 Å². The largest absolute Gasteiger partial charge is 0.456 e. The van der Waals surface area contributed by atoms with Gasteiger partial charge in [0.15, 0.2) is 0 Å². The molecule has 0 spiro atoms. The number of Topliss-reactive ketones (excluding diaryl/α,β-unsaturated/α-hetero) is 1. The van der Waals surface area contributed by atoms with Crippen LogP contribution in [0.4, 0.5) is 0 Å². The minimum absolute atomic E-state index is 0.0748. The highest BCUT2D eigenvalue weighted by molar-refractivity contribution is 7.09. The van der Waals surface area contributed by atoms with Crippen LogP contribution < -0.4 is 5.73 Å². The molecule has 0 aliphatic carbocycles. The summed E-state index contributed by atoms with van der Waals surface area (Å²) in [4.78, 5) is 30.3. The maximum Gasteiger partial charge on any atom is 0.309 e. The van der Waals surface area contributed by atoms with Gasteiger partial charge in [-0.1, -0.05) is 50.9 Å². The summed E-state index contributed by atoms with van der Waals surface area (Å²) in [5, 5.41) is 24.5. The zero-order valence-corrected chi connectivity index (χ0v) is 22.9. The predicted octanol–water partition coefficient (Wildman–Crippen LogP) is 4.59. The molecule has 1 aromatic rings. The van der Waals surface area contributed by atoms with Gasteiger partial charge in [-0.05, 0) is 38.2 Å². The van der Waals surface area contributed by atoms with Crippen molar-refractivity contribution in [3.63, 3.8) is 0 Å². The lowest BCUT2D eigenvalue weighted by Gasteiger charge is -2.34. The number of cyclic esters (lactones) is 1. The van der Waals surface area contributed by atoms with E-state index in [0.29, 0.717) is 23.7 Å². The van der Waals surface area contributed by atoms with E-state index in [0.717, 1.165) is 29.8 Å². The number of aliphatic hydroxyl groups is 2. The molecule has 0 aromatic carbocycles. The summed E-state index contributed by atoms with van der Waals surface area (Å²) in [5.41, 5.74) is 6.16. The Kier molecular flexibility index (Phi) is 11.1. The van der Waals surface area contributed by atoms with Gasteiger partial charge >= 0.3 is 5.97 Å². The van der Waals surface area contributed by atoms with Crippen molar-refractivity contribution < 1.29 is 24.5 Å². The van der Waals surface area contributed by atoms with Crippen molar-refractivity contribution in [1.29, 1.82) is 0 Å². The average molecular weight is 527 g/mol. The summed E-state index contributed by atoms with van der Waals surface area (Å²) < 4.78 is 5.68. The zero-order chi connectivity index (χ0) is 26.3. The maximum atomic E-state index is 13.2. The van der Waals surface area contributed by atoms with Crippen LogP contribution in [0.5, 0.6) is 0 Å². The highest BCUT2D eigenvalue weighted by Crippen LogP contribution is 2.32. The number of nitrogens with zero attached hydrogens (tertiary/aromatic N) is 1. The second-order valence-corrected chi connectivity index (χ2v) is 11.5. The Hall–Kier alpha value is -1.58. The summed E-state index contributed by atoms with van der Waals surface area (Å²) in [6.07, 6.45) is 3.25. The first-order valence-electron chi connectivity index (χ1n) is 12.1. The molecule has 9 heteroatoms. The fourth-order valence-corrected chi connectivity index (χ4v) is 5.12. The van der Waals surface area contributed by atoms with Crippen LogP contribution in [0.2, 0.25) is 0 Å². The lowest BCUT2D eigenvalue weighted by Crippen LogP contribution is -2.45. The number of rotatable bonds is 3. The number of nitrogens with two attached hydrogens (primary N) is 1. The molecule has 5 unspecified atom stereocenters. The Morgan fingerprint density at radius 1 is 1.34 bits per heavy atom. The molecule has 5 atom stereocenters. The number of hydrogen-bond donors (Lipinski definition) is 3. The van der Waals surface area contributed by atoms with E-state index < -0.39 is 35.6 Å². The molecule has 1 aliphatic rings. The smallest absolute Gasteiger partial charge is 0.309 e. The lowest BCUT2D eigenvalue weighted by molar-refractivity contribution is -0.153. The number of aromatic nitrogens is 1. The van der Waals surface area contributed by atoms with Crippen molar-refractivity contribution in [2.45, 2.75) is 91.6 Å². The van der Waals surface area contributed by atoms with Gasteiger partial charge in [0.1, 0.15) is 16.9 Å². The summed E-state index contributed by atoms with van der Waals surface area (Å²) in [6.45, 7) is 9.15. The van der Waals surface area contributed by atoms with Crippen molar-refractivity contribution in [3.8, 4) is 0 Å². The van der Waals surface area contributed by atoms with Crippen molar-refractivity contribution in [2.24, 2.45) is 23.0 Å². The van der Waals surface area contributed by atoms with Gasteiger partial charge in [0.2, 0.25) is 0 Å². The lowest BCUT2D eigenvalue weighted by atomic mass is 9.73. The van der Waals surface area contributed by atoms with Crippen molar-refractivity contribution in [3.05, 3.63) is 32.8 Å². The van der Waals surface area contributed by atoms with Gasteiger partial charge in [0.25, 0.3) is 0 Å². The summed E-state index contributed by atoms with van der Waals surface area (Å²) in [5.74, 6) is -1.68. The molecule has 196 valence electrons. The zero-order valence-electron chi connectivity index (χ0n) is 21.3. The highest BCUT2D eigenvalue weighted by Gasteiger charge is 2.42. The number of carbonyl (C=O) groups is 2. The van der Waals surface area contributed by atoms with Crippen LogP contribution >= 0.6 is 22.9 Å². The van der Waals surface area contributed by atoms with E-state index in [9.17, 15) is 19.8 Å². The molecule has 2 heterocycles. The van der Waals surface area contributed by atoms with Crippen LogP contribution in [0.25, 0.3) is 6.08 Å². The third-order valence-electron chi connectivity index (χ3n) is 6.86. The van der Waals surface area contributed by atoms with E-state index in [1.807, 2.05) is 25.3 Å². The van der Waals surface area contributed by atoms with Crippen molar-refractivity contribution in [2.75, 3.05) is 0 Å². The molecule has 7 nitrogen and oxygen atoms in total. The number of ether oxygens (including phenoxy) is 1. The number of thiazole rings is 1. The standard InChI is InChI=1S/C26H39ClN2O5S/c1-15-7-6-8-16(2)24(32)17(3)25(33)26(4,5)21(30)12-23(31)34-20(10-9-15)19(27)11-18-14-35-22(13-28)29-18/h9,11,14,16-17,20-21,24,30,32H,6-8,10,12-13,28H2,1-5H3. The second kappa shape index (κ2) is 13.1. The normalized spacial score (nSPS) is 30.0. The number of aliphatic hydroxyl groups excluding tert-OH is 2. The Bertz CT molecular complexity index is 942. The van der Waals surface area contributed by atoms with Crippen molar-refractivity contribution >= 4 is 40.8 Å². The Balaban J connectivity index is 2.33.